The molecular formula is C30H30ClF3N4O7. The van der Waals surface area contributed by atoms with Gasteiger partial charge in [-0.2, -0.15) is 13.2 Å². The molecule has 15 heteroatoms. The average Bonchev–Trinajstić information content (AvgIpc) is 2.99. The summed E-state index contributed by atoms with van der Waals surface area (Å²) in [5.74, 6) is -4.68. The van der Waals surface area contributed by atoms with Crippen LogP contribution in [0, 0.1) is 0 Å². The standard InChI is InChI=1S/C28H29ClN4O5.C2HF3O2/c29-22-12-14-23(15-13-22)32-28(38)30-16-4-7-25(34)31-18-26(35)33-24(17-27(36)37)21-10-8-20(9-11-21)19-5-2-1-3-6-19;3-2(4,5)1(6)7/h1-3,5-6,8-15,24H,4,7,16-18H2,(H,31,34)(H,33,35)(H,36,37)(H2,30,32,38);(H,6,7). The van der Waals surface area contributed by atoms with Crippen LogP contribution in [-0.2, 0) is 19.2 Å². The van der Waals surface area contributed by atoms with Gasteiger partial charge in [-0.25, -0.2) is 9.59 Å². The van der Waals surface area contributed by atoms with Crippen molar-refractivity contribution < 1.29 is 47.4 Å². The summed E-state index contributed by atoms with van der Waals surface area (Å²) < 4.78 is 31.7. The minimum Gasteiger partial charge on any atom is -0.481 e. The van der Waals surface area contributed by atoms with Crippen molar-refractivity contribution in [2.75, 3.05) is 18.4 Å². The first-order chi connectivity index (χ1) is 21.2. The molecule has 3 aromatic carbocycles. The van der Waals surface area contributed by atoms with Gasteiger partial charge in [-0.05, 0) is 47.4 Å². The fourth-order valence-electron chi connectivity index (χ4n) is 3.64. The van der Waals surface area contributed by atoms with Crippen LogP contribution < -0.4 is 21.3 Å². The topological polar surface area (TPSA) is 174 Å². The molecule has 6 N–H and O–H groups in total. The van der Waals surface area contributed by atoms with Crippen LogP contribution in [0.4, 0.5) is 23.7 Å². The molecule has 0 saturated carbocycles. The number of anilines is 1. The first-order valence-corrected chi connectivity index (χ1v) is 13.7. The first kappa shape index (κ1) is 36.1. The number of carbonyl (C=O) groups excluding carboxylic acids is 3. The smallest absolute Gasteiger partial charge is 0.481 e. The number of carbonyl (C=O) groups is 5. The third kappa shape index (κ3) is 14.3. The second kappa shape index (κ2) is 17.9. The third-order valence-corrected chi connectivity index (χ3v) is 6.04. The van der Waals surface area contributed by atoms with E-state index in [1.165, 1.54) is 0 Å². The highest BCUT2D eigenvalue weighted by atomic mass is 35.5. The summed E-state index contributed by atoms with van der Waals surface area (Å²) >= 11 is 5.81. The molecule has 0 bridgehead atoms. The molecule has 1 unspecified atom stereocenters. The quantitative estimate of drug-likeness (QED) is 0.150. The first-order valence-electron chi connectivity index (χ1n) is 13.3. The number of carboxylic acid groups (broad SMARTS) is 2. The number of hydrogen-bond donors (Lipinski definition) is 6. The van der Waals surface area contributed by atoms with E-state index < -0.39 is 36.1 Å². The zero-order valence-corrected chi connectivity index (χ0v) is 24.3. The minimum atomic E-state index is -5.08. The summed E-state index contributed by atoms with van der Waals surface area (Å²) in [6.45, 7) is -0.0275. The molecule has 0 heterocycles. The van der Waals surface area contributed by atoms with Crippen molar-refractivity contribution in [3.63, 3.8) is 0 Å². The normalized spacial score (nSPS) is 11.2. The molecule has 0 aliphatic heterocycles. The lowest BCUT2D eigenvalue weighted by Crippen LogP contribution is -2.39. The van der Waals surface area contributed by atoms with Crippen LogP contribution in [0.5, 0.6) is 0 Å². The van der Waals surface area contributed by atoms with Crippen LogP contribution >= 0.6 is 11.6 Å². The number of urea groups is 1. The van der Waals surface area contributed by atoms with Crippen molar-refractivity contribution in [1.29, 1.82) is 0 Å². The molecule has 0 aliphatic carbocycles. The van der Waals surface area contributed by atoms with E-state index in [0.29, 0.717) is 22.7 Å². The van der Waals surface area contributed by atoms with E-state index in [1.807, 2.05) is 42.5 Å². The van der Waals surface area contributed by atoms with Crippen LogP contribution in [0.15, 0.2) is 78.9 Å². The Kier molecular flexibility index (Phi) is 14.3. The van der Waals surface area contributed by atoms with Crippen LogP contribution in [0.3, 0.4) is 0 Å². The Labute approximate surface area is 260 Å². The summed E-state index contributed by atoms with van der Waals surface area (Å²) in [7, 11) is 0. The van der Waals surface area contributed by atoms with E-state index in [4.69, 9.17) is 21.5 Å². The Morgan fingerprint density at radius 3 is 1.91 bits per heavy atom. The largest absolute Gasteiger partial charge is 0.490 e. The molecule has 0 spiro atoms. The molecule has 0 aromatic heterocycles. The molecule has 0 saturated heterocycles. The fraction of sp³-hybridized carbons (Fsp3) is 0.233. The lowest BCUT2D eigenvalue weighted by Gasteiger charge is -2.18. The molecule has 3 rings (SSSR count). The van der Waals surface area contributed by atoms with Gasteiger partial charge in [0.1, 0.15) is 0 Å². The second-order valence-corrected chi connectivity index (χ2v) is 9.71. The third-order valence-electron chi connectivity index (χ3n) is 5.79. The molecule has 3 aromatic rings. The zero-order valence-electron chi connectivity index (χ0n) is 23.6. The molecule has 0 aliphatic rings. The van der Waals surface area contributed by atoms with Crippen LogP contribution in [0.25, 0.3) is 11.1 Å². The lowest BCUT2D eigenvalue weighted by atomic mass is 9.99. The maximum absolute atomic E-state index is 12.4. The Balaban J connectivity index is 0.000000900. The van der Waals surface area contributed by atoms with Crippen molar-refractivity contribution in [3.05, 3.63) is 89.4 Å². The van der Waals surface area contributed by atoms with Crippen molar-refractivity contribution in [2.45, 2.75) is 31.5 Å². The van der Waals surface area contributed by atoms with Gasteiger partial charge in [-0.15, -0.1) is 0 Å². The van der Waals surface area contributed by atoms with E-state index in [9.17, 15) is 37.5 Å². The van der Waals surface area contributed by atoms with Crippen LogP contribution in [0.2, 0.25) is 5.02 Å². The summed E-state index contributed by atoms with van der Waals surface area (Å²) in [6.07, 6.45) is -4.90. The minimum absolute atomic E-state index is 0.105. The molecule has 0 radical (unpaired) electrons. The number of halogens is 4. The monoisotopic (exact) mass is 650 g/mol. The molecule has 45 heavy (non-hydrogen) atoms. The summed E-state index contributed by atoms with van der Waals surface area (Å²) in [4.78, 5) is 56.7. The van der Waals surface area contributed by atoms with Gasteiger partial charge in [-0.1, -0.05) is 66.2 Å². The van der Waals surface area contributed by atoms with Crippen molar-refractivity contribution in [1.82, 2.24) is 16.0 Å². The highest BCUT2D eigenvalue weighted by molar-refractivity contribution is 6.30. The predicted octanol–water partition coefficient (Wildman–Crippen LogP) is 4.99. The summed E-state index contributed by atoms with van der Waals surface area (Å²) in [5.41, 5.74) is 3.23. The molecule has 240 valence electrons. The van der Waals surface area contributed by atoms with Crippen LogP contribution in [0.1, 0.15) is 30.9 Å². The summed E-state index contributed by atoms with van der Waals surface area (Å²) in [5, 5.41) is 27.5. The van der Waals surface area contributed by atoms with Crippen LogP contribution in [-0.4, -0.2) is 59.3 Å². The number of alkyl halides is 3. The van der Waals surface area contributed by atoms with E-state index in [-0.39, 0.29) is 31.8 Å². The molecule has 1 atom stereocenters. The van der Waals surface area contributed by atoms with Gasteiger partial charge in [0.25, 0.3) is 0 Å². The number of amides is 4. The Morgan fingerprint density at radius 1 is 0.778 bits per heavy atom. The number of nitrogens with one attached hydrogen (secondary N) is 4. The van der Waals surface area contributed by atoms with Gasteiger partial charge < -0.3 is 31.5 Å². The van der Waals surface area contributed by atoms with Gasteiger partial charge in [-0.3, -0.25) is 14.4 Å². The SMILES string of the molecule is O=C(O)C(F)(F)F.O=C(O)CC(NC(=O)CNC(=O)CCCNC(=O)Nc1ccc(Cl)cc1)c1ccc(-c2ccccc2)cc1. The van der Waals surface area contributed by atoms with Gasteiger partial charge in [0, 0.05) is 23.7 Å². The molecular weight excluding hydrogens is 621 g/mol. The van der Waals surface area contributed by atoms with Crippen molar-refractivity contribution in [2.24, 2.45) is 0 Å². The maximum Gasteiger partial charge on any atom is 0.490 e. The average molecular weight is 651 g/mol. The number of benzene rings is 3. The second-order valence-electron chi connectivity index (χ2n) is 9.28. The number of carboxylic acids is 2. The Bertz CT molecular complexity index is 1440. The van der Waals surface area contributed by atoms with E-state index in [1.54, 1.807) is 36.4 Å². The number of rotatable bonds is 12. The number of aliphatic carboxylic acids is 2. The van der Waals surface area contributed by atoms with Crippen molar-refractivity contribution in [3.8, 4) is 11.1 Å². The number of hydrogen-bond acceptors (Lipinski definition) is 5. The molecule has 4 amide bonds. The van der Waals surface area contributed by atoms with Gasteiger partial charge in [0.2, 0.25) is 11.8 Å². The summed E-state index contributed by atoms with van der Waals surface area (Å²) in [6, 6.07) is 22.5. The van der Waals surface area contributed by atoms with Gasteiger partial charge >= 0.3 is 24.1 Å². The van der Waals surface area contributed by atoms with Gasteiger partial charge in [0.05, 0.1) is 19.0 Å². The highest BCUT2D eigenvalue weighted by Crippen LogP contribution is 2.23. The van der Waals surface area contributed by atoms with E-state index >= 15 is 0 Å². The van der Waals surface area contributed by atoms with Gasteiger partial charge in [0.15, 0.2) is 0 Å². The maximum atomic E-state index is 12.4. The zero-order chi connectivity index (χ0) is 33.4. The van der Waals surface area contributed by atoms with E-state index in [2.05, 4.69) is 21.3 Å². The molecule has 0 fully saturated rings. The lowest BCUT2D eigenvalue weighted by molar-refractivity contribution is -0.192. The van der Waals surface area contributed by atoms with E-state index in [0.717, 1.165) is 11.1 Å². The van der Waals surface area contributed by atoms with Crippen molar-refractivity contribution >= 4 is 47.1 Å². The Hall–Kier alpha value is -5.11. The Morgan fingerprint density at radius 2 is 1.36 bits per heavy atom. The predicted molar refractivity (Wildman–Crippen MR) is 159 cm³/mol. The fourth-order valence-corrected chi connectivity index (χ4v) is 3.76. The highest BCUT2D eigenvalue weighted by Gasteiger charge is 2.38. The molecule has 11 nitrogen and oxygen atoms in total.